The normalized spacial score (nSPS) is 10.2. The van der Waals surface area contributed by atoms with E-state index in [2.05, 4.69) is 5.32 Å². The van der Waals surface area contributed by atoms with Gasteiger partial charge in [-0.2, -0.15) is 0 Å². The number of anilines is 2. The fraction of sp³-hybridized carbons (Fsp3) is 0.200. The number of rotatable bonds is 5. The molecule has 4 nitrogen and oxygen atoms in total. The van der Waals surface area contributed by atoms with Crippen molar-refractivity contribution in [3.05, 3.63) is 47.8 Å². The first kappa shape index (κ1) is 14.0. The Morgan fingerprint density at radius 3 is 2.60 bits per heavy atom. The third-order valence-electron chi connectivity index (χ3n) is 2.98. The minimum absolute atomic E-state index is 0.330. The van der Waals surface area contributed by atoms with Gasteiger partial charge in [0, 0.05) is 18.2 Å². The van der Waals surface area contributed by atoms with Crippen molar-refractivity contribution < 1.29 is 13.9 Å². The monoisotopic (exact) mass is 276 g/mol. The summed E-state index contributed by atoms with van der Waals surface area (Å²) in [5.41, 5.74) is 7.77. The topological polar surface area (TPSA) is 56.5 Å². The molecule has 0 aliphatic heterocycles. The fourth-order valence-electron chi connectivity index (χ4n) is 1.87. The highest BCUT2D eigenvalue weighted by Gasteiger charge is 2.06. The maximum Gasteiger partial charge on any atom is 0.127 e. The van der Waals surface area contributed by atoms with Gasteiger partial charge in [-0.25, -0.2) is 4.39 Å². The second-order valence-electron chi connectivity index (χ2n) is 4.26. The van der Waals surface area contributed by atoms with Crippen LogP contribution >= 0.6 is 0 Å². The van der Waals surface area contributed by atoms with Crippen molar-refractivity contribution in [1.82, 2.24) is 0 Å². The lowest BCUT2D eigenvalue weighted by Gasteiger charge is -2.13. The Hall–Kier alpha value is -2.43. The third-order valence-corrected chi connectivity index (χ3v) is 2.98. The molecule has 0 heterocycles. The van der Waals surface area contributed by atoms with E-state index in [1.54, 1.807) is 20.3 Å². The number of methoxy groups -OCH3 is 2. The summed E-state index contributed by atoms with van der Waals surface area (Å²) < 4.78 is 23.6. The van der Waals surface area contributed by atoms with Crippen molar-refractivity contribution in [3.8, 4) is 11.5 Å². The Morgan fingerprint density at radius 1 is 1.10 bits per heavy atom. The van der Waals surface area contributed by atoms with Crippen molar-refractivity contribution in [2.24, 2.45) is 0 Å². The van der Waals surface area contributed by atoms with Crippen LogP contribution in [0.25, 0.3) is 0 Å². The number of hydrogen-bond acceptors (Lipinski definition) is 4. The number of hydrogen-bond donors (Lipinski definition) is 2. The molecule has 2 aromatic rings. The second-order valence-corrected chi connectivity index (χ2v) is 4.26. The smallest absolute Gasteiger partial charge is 0.127 e. The Balaban J connectivity index is 2.16. The van der Waals surface area contributed by atoms with E-state index < -0.39 is 0 Å². The first-order valence-corrected chi connectivity index (χ1v) is 6.14. The number of benzene rings is 2. The van der Waals surface area contributed by atoms with E-state index in [4.69, 9.17) is 15.2 Å². The van der Waals surface area contributed by atoms with Crippen LogP contribution in [0.15, 0.2) is 36.4 Å². The average Bonchev–Trinajstić information content (AvgIpc) is 2.48. The lowest BCUT2D eigenvalue weighted by Crippen LogP contribution is -2.04. The molecule has 0 aliphatic carbocycles. The summed E-state index contributed by atoms with van der Waals surface area (Å²) in [6.07, 6.45) is 0. The lowest BCUT2D eigenvalue weighted by molar-refractivity contribution is 0.391. The molecule has 2 aromatic carbocycles. The van der Waals surface area contributed by atoms with E-state index in [9.17, 15) is 4.39 Å². The molecule has 0 fully saturated rings. The molecule has 0 unspecified atom stereocenters. The molecule has 5 heteroatoms. The van der Waals surface area contributed by atoms with E-state index >= 15 is 0 Å². The number of nitrogens with two attached hydrogens (primary N) is 1. The predicted molar refractivity (Wildman–Crippen MR) is 77.7 cm³/mol. The zero-order valence-electron chi connectivity index (χ0n) is 11.4. The second kappa shape index (κ2) is 6.14. The Bertz CT molecular complexity index is 602. The van der Waals surface area contributed by atoms with Gasteiger partial charge in [0.15, 0.2) is 0 Å². The maximum absolute atomic E-state index is 13.2. The van der Waals surface area contributed by atoms with Gasteiger partial charge in [0.2, 0.25) is 0 Å². The molecule has 0 amide bonds. The molecule has 0 atom stereocenters. The first-order valence-electron chi connectivity index (χ1n) is 6.14. The van der Waals surface area contributed by atoms with Crippen molar-refractivity contribution in [2.75, 3.05) is 25.3 Å². The van der Waals surface area contributed by atoms with Gasteiger partial charge < -0.3 is 20.5 Å². The third kappa shape index (κ3) is 3.12. The van der Waals surface area contributed by atoms with E-state index in [-0.39, 0.29) is 5.82 Å². The van der Waals surface area contributed by atoms with Crippen LogP contribution in [0.5, 0.6) is 11.5 Å². The molecule has 0 saturated heterocycles. The summed E-state index contributed by atoms with van der Waals surface area (Å²) >= 11 is 0. The SMILES string of the molecule is COc1ccc(CNc2cc(F)ccc2N)c(OC)c1. The van der Waals surface area contributed by atoms with Crippen LogP contribution in [0, 0.1) is 5.82 Å². The van der Waals surface area contributed by atoms with Gasteiger partial charge in [0.05, 0.1) is 25.6 Å². The Kier molecular flexibility index (Phi) is 4.30. The minimum Gasteiger partial charge on any atom is -0.497 e. The molecular weight excluding hydrogens is 259 g/mol. The van der Waals surface area contributed by atoms with Gasteiger partial charge in [-0.3, -0.25) is 0 Å². The summed E-state index contributed by atoms with van der Waals surface area (Å²) in [5, 5.41) is 3.10. The summed E-state index contributed by atoms with van der Waals surface area (Å²) in [4.78, 5) is 0. The summed E-state index contributed by atoms with van der Waals surface area (Å²) in [7, 11) is 3.19. The highest BCUT2D eigenvalue weighted by Crippen LogP contribution is 2.26. The predicted octanol–water partition coefficient (Wildman–Crippen LogP) is 3.04. The largest absolute Gasteiger partial charge is 0.497 e. The molecular formula is C15H17FN2O2. The molecule has 106 valence electrons. The molecule has 0 bridgehead atoms. The van der Waals surface area contributed by atoms with Crippen LogP contribution in [-0.4, -0.2) is 14.2 Å². The van der Waals surface area contributed by atoms with Gasteiger partial charge in [0.1, 0.15) is 17.3 Å². The van der Waals surface area contributed by atoms with Crippen molar-refractivity contribution in [1.29, 1.82) is 0 Å². The summed E-state index contributed by atoms with van der Waals surface area (Å²) in [5.74, 6) is 1.09. The van der Waals surface area contributed by atoms with Crippen LogP contribution in [0.4, 0.5) is 15.8 Å². The maximum atomic E-state index is 13.2. The highest BCUT2D eigenvalue weighted by molar-refractivity contribution is 5.66. The summed E-state index contributed by atoms with van der Waals surface area (Å²) in [6, 6.07) is 9.75. The van der Waals surface area contributed by atoms with Gasteiger partial charge in [-0.05, 0) is 30.3 Å². The molecule has 2 rings (SSSR count). The van der Waals surface area contributed by atoms with Gasteiger partial charge in [0.25, 0.3) is 0 Å². The zero-order chi connectivity index (χ0) is 14.5. The number of halogens is 1. The Morgan fingerprint density at radius 2 is 1.90 bits per heavy atom. The van der Waals surface area contributed by atoms with Gasteiger partial charge >= 0.3 is 0 Å². The first-order chi connectivity index (χ1) is 9.63. The standard InChI is InChI=1S/C15H17FN2O2/c1-19-12-5-3-10(15(8-12)20-2)9-18-14-7-11(16)4-6-13(14)17/h3-8,18H,9,17H2,1-2H3. The van der Waals surface area contributed by atoms with Crippen LogP contribution in [0.2, 0.25) is 0 Å². The number of nitrogen functional groups attached to an aromatic ring is 1. The molecule has 20 heavy (non-hydrogen) atoms. The molecule has 0 saturated carbocycles. The van der Waals surface area contributed by atoms with Gasteiger partial charge in [-0.1, -0.05) is 0 Å². The highest BCUT2D eigenvalue weighted by atomic mass is 19.1. The van der Waals surface area contributed by atoms with Crippen LogP contribution in [0.3, 0.4) is 0 Å². The zero-order valence-corrected chi connectivity index (χ0v) is 11.4. The lowest BCUT2D eigenvalue weighted by atomic mass is 10.1. The fourth-order valence-corrected chi connectivity index (χ4v) is 1.87. The van der Waals surface area contributed by atoms with E-state index in [1.807, 2.05) is 12.1 Å². The van der Waals surface area contributed by atoms with Gasteiger partial charge in [-0.15, -0.1) is 0 Å². The van der Waals surface area contributed by atoms with Crippen LogP contribution in [0.1, 0.15) is 5.56 Å². The van der Waals surface area contributed by atoms with E-state index in [0.717, 1.165) is 11.3 Å². The van der Waals surface area contributed by atoms with Crippen molar-refractivity contribution in [3.63, 3.8) is 0 Å². The van der Waals surface area contributed by atoms with Crippen LogP contribution in [-0.2, 0) is 6.54 Å². The van der Waals surface area contributed by atoms with Crippen molar-refractivity contribution >= 4 is 11.4 Å². The quantitative estimate of drug-likeness (QED) is 0.824. The molecule has 0 aromatic heterocycles. The molecule has 0 spiro atoms. The van der Waals surface area contributed by atoms with Crippen molar-refractivity contribution in [2.45, 2.75) is 6.54 Å². The summed E-state index contributed by atoms with van der Waals surface area (Å²) in [6.45, 7) is 0.473. The van der Waals surface area contributed by atoms with E-state index in [1.165, 1.54) is 18.2 Å². The van der Waals surface area contributed by atoms with E-state index in [0.29, 0.717) is 23.7 Å². The number of nitrogens with one attached hydrogen (secondary N) is 1. The Labute approximate surface area is 117 Å². The number of ether oxygens (including phenoxy) is 2. The average molecular weight is 276 g/mol. The molecule has 3 N–H and O–H groups in total. The molecule has 0 aliphatic rings. The molecule has 0 radical (unpaired) electrons. The minimum atomic E-state index is -0.330. The van der Waals surface area contributed by atoms with Crippen LogP contribution < -0.4 is 20.5 Å².